The number of carbonyl (C=O) groups is 1. The van der Waals surface area contributed by atoms with Crippen molar-refractivity contribution in [2.45, 2.75) is 19.9 Å². The normalized spacial score (nSPS) is 12.4. The van der Waals surface area contributed by atoms with Crippen molar-refractivity contribution in [3.8, 4) is 0 Å². The molecular weight excluding hydrogens is 249 g/mol. The van der Waals surface area contributed by atoms with Gasteiger partial charge < -0.3 is 10.1 Å². The average molecular weight is 262 g/mol. The van der Waals surface area contributed by atoms with Gasteiger partial charge in [0.25, 0.3) is 0 Å². The van der Waals surface area contributed by atoms with Crippen molar-refractivity contribution in [1.82, 2.24) is 9.97 Å². The van der Waals surface area contributed by atoms with Gasteiger partial charge in [0.1, 0.15) is 6.04 Å². The molecule has 0 fully saturated rings. The monoisotopic (exact) mass is 261 g/mol. The first-order valence-electron chi connectivity index (χ1n) is 4.98. The van der Waals surface area contributed by atoms with E-state index in [1.165, 1.54) is 7.11 Å². The van der Waals surface area contributed by atoms with Gasteiger partial charge >= 0.3 is 5.97 Å². The molecule has 7 heteroatoms. The molecule has 1 atom stereocenters. The van der Waals surface area contributed by atoms with Gasteiger partial charge in [-0.15, -0.1) is 0 Å². The van der Waals surface area contributed by atoms with Gasteiger partial charge in [0.15, 0.2) is 11.6 Å². The summed E-state index contributed by atoms with van der Waals surface area (Å²) in [4.78, 5) is 18.6. The maximum atomic E-state index is 13.4. The summed E-state index contributed by atoms with van der Waals surface area (Å²) >= 11 is 5.55. The van der Waals surface area contributed by atoms with E-state index in [1.807, 2.05) is 0 Å². The highest BCUT2D eigenvalue weighted by Gasteiger charge is 2.24. The zero-order chi connectivity index (χ0) is 13.0. The minimum absolute atomic E-state index is 0.0874. The lowest BCUT2D eigenvalue weighted by Gasteiger charge is -2.20. The Balaban J connectivity index is 2.93. The largest absolute Gasteiger partial charge is 0.467 e. The summed E-state index contributed by atoms with van der Waals surface area (Å²) < 4.78 is 18.0. The van der Waals surface area contributed by atoms with Crippen LogP contribution in [0.1, 0.15) is 13.8 Å². The molecule has 1 aromatic rings. The quantitative estimate of drug-likeness (QED) is 0.662. The molecule has 1 unspecified atom stereocenters. The fourth-order valence-corrected chi connectivity index (χ4v) is 1.35. The molecular formula is C10H13ClFN3O2. The van der Waals surface area contributed by atoms with Crippen LogP contribution in [0.4, 0.5) is 10.2 Å². The zero-order valence-electron chi connectivity index (χ0n) is 9.70. The van der Waals surface area contributed by atoms with E-state index in [0.29, 0.717) is 0 Å². The van der Waals surface area contributed by atoms with Crippen molar-refractivity contribution in [2.24, 2.45) is 5.92 Å². The van der Waals surface area contributed by atoms with Crippen LogP contribution in [0.15, 0.2) is 6.20 Å². The lowest BCUT2D eigenvalue weighted by molar-refractivity contribution is -0.142. The van der Waals surface area contributed by atoms with Crippen LogP contribution in [-0.2, 0) is 9.53 Å². The maximum Gasteiger partial charge on any atom is 0.328 e. The van der Waals surface area contributed by atoms with E-state index in [0.717, 1.165) is 6.20 Å². The number of aromatic nitrogens is 2. The number of hydrogen-bond acceptors (Lipinski definition) is 5. The van der Waals surface area contributed by atoms with Crippen LogP contribution in [0.25, 0.3) is 0 Å². The molecule has 0 radical (unpaired) electrons. The van der Waals surface area contributed by atoms with Crippen molar-refractivity contribution < 1.29 is 13.9 Å². The van der Waals surface area contributed by atoms with Crippen molar-refractivity contribution in [2.75, 3.05) is 12.4 Å². The topological polar surface area (TPSA) is 64.1 Å². The molecule has 94 valence electrons. The number of esters is 1. The van der Waals surface area contributed by atoms with Crippen LogP contribution in [0.5, 0.6) is 0 Å². The number of methoxy groups -OCH3 is 1. The van der Waals surface area contributed by atoms with Gasteiger partial charge in [0.2, 0.25) is 5.28 Å². The molecule has 1 heterocycles. The summed E-state index contributed by atoms with van der Waals surface area (Å²) in [5.41, 5.74) is 0. The van der Waals surface area contributed by atoms with Crippen molar-refractivity contribution in [3.63, 3.8) is 0 Å². The highest BCUT2D eigenvalue weighted by atomic mass is 35.5. The SMILES string of the molecule is COC(=O)C(Nc1nc(Cl)ncc1F)C(C)C. The first-order valence-corrected chi connectivity index (χ1v) is 5.36. The Kier molecular flexibility index (Phi) is 4.62. The Morgan fingerprint density at radius 1 is 1.59 bits per heavy atom. The molecule has 0 spiro atoms. The Morgan fingerprint density at radius 2 is 2.24 bits per heavy atom. The van der Waals surface area contributed by atoms with Crippen molar-refractivity contribution in [1.29, 1.82) is 0 Å². The first-order chi connectivity index (χ1) is 7.95. The van der Waals surface area contributed by atoms with Crippen molar-refractivity contribution >= 4 is 23.4 Å². The molecule has 1 rings (SSSR count). The summed E-state index contributed by atoms with van der Waals surface area (Å²) in [5.74, 6) is -1.37. The number of halogens is 2. The molecule has 0 aromatic carbocycles. The van der Waals surface area contributed by atoms with Gasteiger partial charge in [0.05, 0.1) is 13.3 Å². The van der Waals surface area contributed by atoms with Crippen LogP contribution < -0.4 is 5.32 Å². The lowest BCUT2D eigenvalue weighted by atomic mass is 10.0. The fourth-order valence-electron chi connectivity index (χ4n) is 1.22. The molecule has 0 saturated carbocycles. The second-order valence-corrected chi connectivity index (χ2v) is 4.06. The zero-order valence-corrected chi connectivity index (χ0v) is 10.5. The number of carbonyl (C=O) groups excluding carboxylic acids is 1. The molecule has 0 aliphatic rings. The molecule has 0 saturated heterocycles. The Bertz CT molecular complexity index is 415. The smallest absolute Gasteiger partial charge is 0.328 e. The van der Waals surface area contributed by atoms with Gasteiger partial charge in [-0.2, -0.15) is 4.98 Å². The second kappa shape index (κ2) is 5.77. The minimum atomic E-state index is -0.694. The van der Waals surface area contributed by atoms with Crippen LogP contribution in [-0.4, -0.2) is 29.1 Å². The molecule has 5 nitrogen and oxygen atoms in total. The van der Waals surface area contributed by atoms with E-state index >= 15 is 0 Å². The first kappa shape index (κ1) is 13.6. The number of ether oxygens (including phenoxy) is 1. The summed E-state index contributed by atoms with van der Waals surface area (Å²) in [6.07, 6.45) is 0.937. The maximum absolute atomic E-state index is 13.4. The van der Waals surface area contributed by atoms with E-state index in [4.69, 9.17) is 11.6 Å². The minimum Gasteiger partial charge on any atom is -0.467 e. The van der Waals surface area contributed by atoms with E-state index in [-0.39, 0.29) is 17.0 Å². The molecule has 1 aromatic heterocycles. The Morgan fingerprint density at radius 3 is 2.76 bits per heavy atom. The number of nitrogens with zero attached hydrogens (tertiary/aromatic N) is 2. The highest BCUT2D eigenvalue weighted by Crippen LogP contribution is 2.16. The van der Waals surface area contributed by atoms with Crippen LogP contribution >= 0.6 is 11.6 Å². The van der Waals surface area contributed by atoms with E-state index in [9.17, 15) is 9.18 Å². The third kappa shape index (κ3) is 3.52. The van der Waals surface area contributed by atoms with Gasteiger partial charge in [-0.3, -0.25) is 0 Å². The summed E-state index contributed by atoms with van der Waals surface area (Å²) in [6.45, 7) is 3.60. The molecule has 0 aliphatic carbocycles. The van der Waals surface area contributed by atoms with Crippen LogP contribution in [0, 0.1) is 11.7 Å². The van der Waals surface area contributed by atoms with E-state index < -0.39 is 17.8 Å². The third-order valence-electron chi connectivity index (χ3n) is 2.13. The third-order valence-corrected chi connectivity index (χ3v) is 2.31. The Labute approximate surface area is 103 Å². The van der Waals surface area contributed by atoms with Crippen molar-refractivity contribution in [3.05, 3.63) is 17.3 Å². The molecule has 0 aliphatic heterocycles. The molecule has 0 bridgehead atoms. The second-order valence-electron chi connectivity index (χ2n) is 3.72. The van der Waals surface area contributed by atoms with Crippen LogP contribution in [0.2, 0.25) is 5.28 Å². The van der Waals surface area contributed by atoms with Crippen LogP contribution in [0.3, 0.4) is 0 Å². The predicted molar refractivity (Wildman–Crippen MR) is 61.3 cm³/mol. The highest BCUT2D eigenvalue weighted by molar-refractivity contribution is 6.28. The number of nitrogens with one attached hydrogen (secondary N) is 1. The summed E-state index contributed by atoms with van der Waals surface area (Å²) in [5, 5.41) is 2.56. The molecule has 0 amide bonds. The van der Waals surface area contributed by atoms with Gasteiger partial charge in [-0.1, -0.05) is 13.8 Å². The van der Waals surface area contributed by atoms with E-state index in [1.54, 1.807) is 13.8 Å². The molecule has 1 N–H and O–H groups in total. The lowest BCUT2D eigenvalue weighted by Crippen LogP contribution is -2.36. The number of hydrogen-bond donors (Lipinski definition) is 1. The molecule has 17 heavy (non-hydrogen) atoms. The van der Waals surface area contributed by atoms with Gasteiger partial charge in [-0.25, -0.2) is 14.2 Å². The van der Waals surface area contributed by atoms with Gasteiger partial charge in [0, 0.05) is 0 Å². The summed E-state index contributed by atoms with van der Waals surface area (Å²) in [7, 11) is 1.27. The predicted octanol–water partition coefficient (Wildman–Crippen LogP) is 1.88. The number of anilines is 1. The summed E-state index contributed by atoms with van der Waals surface area (Å²) in [6, 6.07) is -0.694. The van der Waals surface area contributed by atoms with Gasteiger partial charge in [-0.05, 0) is 17.5 Å². The fraction of sp³-hybridized carbons (Fsp3) is 0.500. The standard InChI is InChI=1S/C10H13ClFN3O2/c1-5(2)7(9(16)17-3)14-8-6(12)4-13-10(11)15-8/h4-5,7H,1-3H3,(H,13,14,15). The number of rotatable bonds is 4. The average Bonchev–Trinajstić information content (AvgIpc) is 2.28. The van der Waals surface area contributed by atoms with E-state index in [2.05, 4.69) is 20.0 Å². The Hall–Kier alpha value is -1.43.